The third kappa shape index (κ3) is 1.96. The van der Waals surface area contributed by atoms with Crippen molar-refractivity contribution in [2.75, 3.05) is 0 Å². The quantitative estimate of drug-likeness (QED) is 0.455. The molecule has 1 nitrogen and oxygen atoms in total. The Morgan fingerprint density at radius 1 is 1.58 bits per heavy atom. The molecule has 0 N–H and O–H groups in total. The molecule has 0 saturated carbocycles. The summed E-state index contributed by atoms with van der Waals surface area (Å²) in [6.07, 6.45) is 5.51. The molecule has 0 aromatic carbocycles. The largest absolute Gasteiger partial charge is 0.303 e. The molecule has 1 aliphatic carbocycles. The number of hydrogen-bond donors (Lipinski definition) is 0. The van der Waals surface area contributed by atoms with Gasteiger partial charge >= 0.3 is 0 Å². The summed E-state index contributed by atoms with van der Waals surface area (Å²) in [5, 5.41) is 0. The van der Waals surface area contributed by atoms with Gasteiger partial charge in [0.15, 0.2) is 0 Å². The molecule has 0 saturated heterocycles. The Hall–Kier alpha value is -0.590. The van der Waals surface area contributed by atoms with Crippen molar-refractivity contribution < 1.29 is 4.79 Å². The monoisotopic (exact) mass is 166 g/mol. The molecule has 12 heavy (non-hydrogen) atoms. The maximum atomic E-state index is 10.7. The minimum Gasteiger partial charge on any atom is -0.303 e. The first kappa shape index (κ1) is 9.50. The number of carbonyl (C=O) groups is 1. The maximum Gasteiger partial charge on any atom is 0.123 e. The second kappa shape index (κ2) is 3.88. The first-order valence-corrected chi connectivity index (χ1v) is 4.79. The van der Waals surface area contributed by atoms with E-state index in [9.17, 15) is 4.79 Å². The average Bonchev–Trinajstić information content (AvgIpc) is 2.05. The Morgan fingerprint density at radius 3 is 2.75 bits per heavy atom. The Labute approximate surface area is 74.9 Å². The Bertz CT molecular complexity index is 191. The number of allylic oxidation sites excluding steroid dienone is 2. The van der Waals surface area contributed by atoms with E-state index < -0.39 is 0 Å². The normalized spacial score (nSPS) is 30.2. The molecule has 2 atom stereocenters. The fourth-order valence-electron chi connectivity index (χ4n) is 1.72. The van der Waals surface area contributed by atoms with Gasteiger partial charge in [-0.1, -0.05) is 32.4 Å². The number of rotatable bonds is 2. The third-order valence-electron chi connectivity index (χ3n) is 2.87. The van der Waals surface area contributed by atoms with Gasteiger partial charge in [-0.15, -0.1) is 0 Å². The van der Waals surface area contributed by atoms with Gasteiger partial charge in [-0.25, -0.2) is 0 Å². The molecule has 0 radical (unpaired) electrons. The lowest BCUT2D eigenvalue weighted by Gasteiger charge is -2.26. The standard InChI is InChI=1S/C11H18O/c1-8(2)10-5-4-9(3)11(6-10)7-12/h5,7-9,11H,4,6H2,1-3H3/t9-,11+/m1/s1. The van der Waals surface area contributed by atoms with Crippen LogP contribution in [0.4, 0.5) is 0 Å². The highest BCUT2D eigenvalue weighted by atomic mass is 16.1. The molecule has 0 bridgehead atoms. The first-order chi connectivity index (χ1) is 5.65. The zero-order valence-electron chi connectivity index (χ0n) is 8.21. The van der Waals surface area contributed by atoms with Crippen LogP contribution in [0.5, 0.6) is 0 Å². The summed E-state index contributed by atoms with van der Waals surface area (Å²) in [4.78, 5) is 10.7. The van der Waals surface area contributed by atoms with Crippen LogP contribution >= 0.6 is 0 Å². The van der Waals surface area contributed by atoms with Gasteiger partial charge in [-0.05, 0) is 24.7 Å². The van der Waals surface area contributed by atoms with Crippen LogP contribution in [0.15, 0.2) is 11.6 Å². The Kier molecular flexibility index (Phi) is 3.07. The summed E-state index contributed by atoms with van der Waals surface area (Å²) in [7, 11) is 0. The molecule has 0 spiro atoms. The molecule has 0 aliphatic heterocycles. The zero-order valence-corrected chi connectivity index (χ0v) is 8.21. The molecule has 1 aliphatic rings. The van der Waals surface area contributed by atoms with Crippen molar-refractivity contribution in [3.63, 3.8) is 0 Å². The SMILES string of the molecule is CC(C)C1=CC[C@@H](C)[C@H](C=O)C1. The van der Waals surface area contributed by atoms with E-state index in [2.05, 4.69) is 26.8 Å². The van der Waals surface area contributed by atoms with Crippen LogP contribution in [0, 0.1) is 17.8 Å². The average molecular weight is 166 g/mol. The fraction of sp³-hybridized carbons (Fsp3) is 0.727. The van der Waals surface area contributed by atoms with E-state index in [0.29, 0.717) is 11.8 Å². The highest BCUT2D eigenvalue weighted by molar-refractivity contribution is 5.55. The number of carbonyl (C=O) groups excluding carboxylic acids is 1. The van der Waals surface area contributed by atoms with E-state index in [1.54, 1.807) is 0 Å². The van der Waals surface area contributed by atoms with Gasteiger partial charge in [0.2, 0.25) is 0 Å². The highest BCUT2D eigenvalue weighted by Crippen LogP contribution is 2.31. The molecule has 0 amide bonds. The summed E-state index contributed by atoms with van der Waals surface area (Å²) < 4.78 is 0. The van der Waals surface area contributed by atoms with E-state index >= 15 is 0 Å². The highest BCUT2D eigenvalue weighted by Gasteiger charge is 2.22. The van der Waals surface area contributed by atoms with Crippen molar-refractivity contribution in [2.24, 2.45) is 17.8 Å². The summed E-state index contributed by atoms with van der Waals surface area (Å²) >= 11 is 0. The van der Waals surface area contributed by atoms with E-state index in [0.717, 1.165) is 19.1 Å². The van der Waals surface area contributed by atoms with Crippen molar-refractivity contribution in [3.8, 4) is 0 Å². The lowest BCUT2D eigenvalue weighted by Crippen LogP contribution is -2.19. The molecule has 0 fully saturated rings. The Balaban J connectivity index is 2.66. The summed E-state index contributed by atoms with van der Waals surface area (Å²) in [6.45, 7) is 6.56. The first-order valence-electron chi connectivity index (χ1n) is 4.79. The van der Waals surface area contributed by atoms with Crippen molar-refractivity contribution >= 4 is 6.29 Å². The second-order valence-corrected chi connectivity index (χ2v) is 4.15. The van der Waals surface area contributed by atoms with Gasteiger partial charge in [-0.2, -0.15) is 0 Å². The number of aldehydes is 1. The van der Waals surface area contributed by atoms with Crippen LogP contribution in [-0.2, 0) is 4.79 Å². The minimum absolute atomic E-state index is 0.271. The molecular weight excluding hydrogens is 148 g/mol. The van der Waals surface area contributed by atoms with E-state index in [1.807, 2.05) is 0 Å². The van der Waals surface area contributed by atoms with Crippen LogP contribution in [0.1, 0.15) is 33.6 Å². The molecule has 0 unspecified atom stereocenters. The molecule has 0 heterocycles. The van der Waals surface area contributed by atoms with Gasteiger partial charge < -0.3 is 4.79 Å². The van der Waals surface area contributed by atoms with Crippen LogP contribution in [0.3, 0.4) is 0 Å². The number of hydrogen-bond acceptors (Lipinski definition) is 1. The Morgan fingerprint density at radius 2 is 2.25 bits per heavy atom. The third-order valence-corrected chi connectivity index (χ3v) is 2.87. The van der Waals surface area contributed by atoms with Gasteiger partial charge in [0, 0.05) is 5.92 Å². The molecule has 0 aromatic heterocycles. The minimum atomic E-state index is 0.271. The van der Waals surface area contributed by atoms with Gasteiger partial charge in [0.05, 0.1) is 0 Å². The summed E-state index contributed by atoms with van der Waals surface area (Å²) in [5.41, 5.74) is 1.46. The molecule has 1 rings (SSSR count). The van der Waals surface area contributed by atoms with E-state index in [1.165, 1.54) is 5.57 Å². The molecule has 68 valence electrons. The van der Waals surface area contributed by atoms with Crippen molar-refractivity contribution in [1.29, 1.82) is 0 Å². The predicted octanol–water partition coefficient (Wildman–Crippen LogP) is 2.81. The molecular formula is C11H18O. The van der Waals surface area contributed by atoms with Crippen LogP contribution in [-0.4, -0.2) is 6.29 Å². The van der Waals surface area contributed by atoms with Gasteiger partial charge in [0.1, 0.15) is 6.29 Å². The smallest absolute Gasteiger partial charge is 0.123 e. The van der Waals surface area contributed by atoms with Crippen LogP contribution in [0.25, 0.3) is 0 Å². The van der Waals surface area contributed by atoms with Crippen molar-refractivity contribution in [1.82, 2.24) is 0 Å². The van der Waals surface area contributed by atoms with Crippen molar-refractivity contribution in [2.45, 2.75) is 33.6 Å². The van der Waals surface area contributed by atoms with Gasteiger partial charge in [-0.3, -0.25) is 0 Å². The second-order valence-electron chi connectivity index (χ2n) is 4.15. The maximum absolute atomic E-state index is 10.7. The zero-order chi connectivity index (χ0) is 9.14. The fourth-order valence-corrected chi connectivity index (χ4v) is 1.72. The summed E-state index contributed by atoms with van der Waals surface area (Å²) in [5.74, 6) is 1.43. The lowest BCUT2D eigenvalue weighted by atomic mass is 9.78. The van der Waals surface area contributed by atoms with Gasteiger partial charge in [0.25, 0.3) is 0 Å². The lowest BCUT2D eigenvalue weighted by molar-refractivity contribution is -0.112. The van der Waals surface area contributed by atoms with Crippen molar-refractivity contribution in [3.05, 3.63) is 11.6 Å². The summed E-state index contributed by atoms with van der Waals surface area (Å²) in [6, 6.07) is 0. The topological polar surface area (TPSA) is 17.1 Å². The molecule has 0 aromatic rings. The van der Waals surface area contributed by atoms with E-state index in [4.69, 9.17) is 0 Å². The molecule has 1 heteroatoms. The predicted molar refractivity (Wildman–Crippen MR) is 50.9 cm³/mol. The van der Waals surface area contributed by atoms with Crippen LogP contribution in [0.2, 0.25) is 0 Å². The van der Waals surface area contributed by atoms with E-state index in [-0.39, 0.29) is 5.92 Å². The van der Waals surface area contributed by atoms with Crippen LogP contribution < -0.4 is 0 Å².